The van der Waals surface area contributed by atoms with Gasteiger partial charge in [-0.15, -0.1) is 12.4 Å². The summed E-state index contributed by atoms with van der Waals surface area (Å²) in [6.07, 6.45) is 0. The van der Waals surface area contributed by atoms with E-state index in [1.165, 1.54) is 16.5 Å². The summed E-state index contributed by atoms with van der Waals surface area (Å²) in [7, 11) is 4.14. The Hall–Kier alpha value is -1.21. The van der Waals surface area contributed by atoms with Crippen molar-refractivity contribution in [3.05, 3.63) is 42.5 Å². The zero-order valence-corrected chi connectivity index (χ0v) is 9.21. The molecule has 14 heavy (non-hydrogen) atoms. The summed E-state index contributed by atoms with van der Waals surface area (Å²) >= 11 is 0. The number of benzene rings is 2. The summed E-state index contributed by atoms with van der Waals surface area (Å²) in [5, 5.41) is 2.61. The molecule has 1 nitrogen and oxygen atoms in total. The van der Waals surface area contributed by atoms with E-state index in [2.05, 4.69) is 61.5 Å². The summed E-state index contributed by atoms with van der Waals surface area (Å²) in [6, 6.07) is 14.8. The Labute approximate surface area is 90.8 Å². The lowest BCUT2D eigenvalue weighted by Crippen LogP contribution is -2.08. The molecule has 0 aliphatic rings. The Morgan fingerprint density at radius 3 is 2.21 bits per heavy atom. The molecule has 0 N–H and O–H groups in total. The van der Waals surface area contributed by atoms with Crippen LogP contribution in [0.1, 0.15) is 0 Å². The van der Waals surface area contributed by atoms with E-state index in [0.717, 1.165) is 0 Å². The molecule has 0 saturated heterocycles. The van der Waals surface area contributed by atoms with E-state index >= 15 is 0 Å². The van der Waals surface area contributed by atoms with Crippen molar-refractivity contribution in [1.82, 2.24) is 0 Å². The number of fused-ring (bicyclic) bond motifs is 1. The molecule has 0 aliphatic heterocycles. The van der Waals surface area contributed by atoms with Crippen LogP contribution in [0.4, 0.5) is 5.69 Å². The molecule has 0 saturated carbocycles. The van der Waals surface area contributed by atoms with E-state index in [4.69, 9.17) is 0 Å². The molecule has 0 heterocycles. The molecule has 0 aromatic heterocycles. The third-order valence-electron chi connectivity index (χ3n) is 2.25. The number of rotatable bonds is 1. The molecule has 0 spiro atoms. The SMILES string of the molecule is CN(C)c1cccc2ccccc12.Cl. The first-order valence-electron chi connectivity index (χ1n) is 4.44. The quantitative estimate of drug-likeness (QED) is 0.694. The molecule has 0 bridgehead atoms. The van der Waals surface area contributed by atoms with Crippen LogP contribution in [0.3, 0.4) is 0 Å². The second kappa shape index (κ2) is 4.34. The van der Waals surface area contributed by atoms with Gasteiger partial charge in [0.05, 0.1) is 0 Å². The monoisotopic (exact) mass is 207 g/mol. The van der Waals surface area contributed by atoms with Gasteiger partial charge in [-0.1, -0.05) is 36.4 Å². The van der Waals surface area contributed by atoms with Gasteiger partial charge in [0.1, 0.15) is 0 Å². The van der Waals surface area contributed by atoms with E-state index in [0.29, 0.717) is 0 Å². The van der Waals surface area contributed by atoms with Gasteiger partial charge in [-0.2, -0.15) is 0 Å². The van der Waals surface area contributed by atoms with Crippen LogP contribution in [-0.2, 0) is 0 Å². The number of hydrogen-bond acceptors (Lipinski definition) is 1. The molecule has 2 heteroatoms. The summed E-state index contributed by atoms with van der Waals surface area (Å²) in [4.78, 5) is 2.14. The van der Waals surface area contributed by atoms with Gasteiger partial charge in [-0.25, -0.2) is 0 Å². The zero-order chi connectivity index (χ0) is 9.26. The molecule has 2 aromatic carbocycles. The first kappa shape index (κ1) is 10.9. The molecule has 0 unspecified atom stereocenters. The van der Waals surface area contributed by atoms with E-state index in [1.54, 1.807) is 0 Å². The summed E-state index contributed by atoms with van der Waals surface area (Å²) in [5.41, 5.74) is 1.28. The Balaban J connectivity index is 0.000000980. The second-order valence-electron chi connectivity index (χ2n) is 3.39. The lowest BCUT2D eigenvalue weighted by molar-refractivity contribution is 1.14. The maximum atomic E-state index is 2.16. The lowest BCUT2D eigenvalue weighted by atomic mass is 10.1. The minimum absolute atomic E-state index is 0. The van der Waals surface area contributed by atoms with E-state index in [-0.39, 0.29) is 12.4 Å². The van der Waals surface area contributed by atoms with Crippen molar-refractivity contribution >= 4 is 28.9 Å². The van der Waals surface area contributed by atoms with Gasteiger partial charge in [-0.05, 0) is 11.5 Å². The topological polar surface area (TPSA) is 3.24 Å². The van der Waals surface area contributed by atoms with E-state index in [1.807, 2.05) is 0 Å². The summed E-state index contributed by atoms with van der Waals surface area (Å²) in [6.45, 7) is 0. The minimum atomic E-state index is 0. The average molecular weight is 208 g/mol. The van der Waals surface area contributed by atoms with Crippen LogP contribution in [0.2, 0.25) is 0 Å². The third-order valence-corrected chi connectivity index (χ3v) is 2.25. The number of hydrogen-bond donors (Lipinski definition) is 0. The lowest BCUT2D eigenvalue weighted by Gasteiger charge is -2.14. The fourth-order valence-electron chi connectivity index (χ4n) is 1.60. The molecule has 74 valence electrons. The highest BCUT2D eigenvalue weighted by Gasteiger charge is 1.99. The Bertz CT molecular complexity index is 418. The Morgan fingerprint density at radius 1 is 0.857 bits per heavy atom. The normalized spacial score (nSPS) is 9.57. The van der Waals surface area contributed by atoms with Crippen molar-refractivity contribution in [1.29, 1.82) is 0 Å². The summed E-state index contributed by atoms with van der Waals surface area (Å²) in [5.74, 6) is 0. The van der Waals surface area contributed by atoms with E-state index in [9.17, 15) is 0 Å². The molecule has 2 rings (SSSR count). The first-order chi connectivity index (χ1) is 6.29. The minimum Gasteiger partial charge on any atom is -0.377 e. The van der Waals surface area contributed by atoms with Crippen molar-refractivity contribution in [3.63, 3.8) is 0 Å². The fourth-order valence-corrected chi connectivity index (χ4v) is 1.60. The first-order valence-corrected chi connectivity index (χ1v) is 4.44. The van der Waals surface area contributed by atoms with Crippen LogP contribution in [0.5, 0.6) is 0 Å². The van der Waals surface area contributed by atoms with Gasteiger partial charge in [-0.3, -0.25) is 0 Å². The predicted octanol–water partition coefficient (Wildman–Crippen LogP) is 3.33. The average Bonchev–Trinajstić information content (AvgIpc) is 2.17. The Kier molecular flexibility index (Phi) is 3.37. The number of halogens is 1. The molecular weight excluding hydrogens is 194 g/mol. The van der Waals surface area contributed by atoms with Crippen LogP contribution in [-0.4, -0.2) is 14.1 Å². The second-order valence-corrected chi connectivity index (χ2v) is 3.39. The highest BCUT2D eigenvalue weighted by atomic mass is 35.5. The van der Waals surface area contributed by atoms with E-state index < -0.39 is 0 Å². The molecule has 0 fully saturated rings. The van der Waals surface area contributed by atoms with Gasteiger partial charge in [0, 0.05) is 25.2 Å². The number of nitrogens with zero attached hydrogens (tertiary/aromatic N) is 1. The van der Waals surface area contributed by atoms with Gasteiger partial charge < -0.3 is 4.90 Å². The standard InChI is InChI=1S/C12H13N.ClH/c1-13(2)12-9-5-7-10-6-3-4-8-11(10)12;/h3-9H,1-2H3;1H. The van der Waals surface area contributed by atoms with Crippen molar-refractivity contribution in [2.45, 2.75) is 0 Å². The van der Waals surface area contributed by atoms with Gasteiger partial charge in [0.2, 0.25) is 0 Å². The van der Waals surface area contributed by atoms with Crippen LogP contribution in [0.25, 0.3) is 10.8 Å². The molecular formula is C12H14ClN. The van der Waals surface area contributed by atoms with Gasteiger partial charge >= 0.3 is 0 Å². The van der Waals surface area contributed by atoms with Crippen LogP contribution in [0, 0.1) is 0 Å². The smallest absolute Gasteiger partial charge is 0.0440 e. The maximum absolute atomic E-state index is 2.16. The van der Waals surface area contributed by atoms with Crippen molar-refractivity contribution in [2.75, 3.05) is 19.0 Å². The van der Waals surface area contributed by atoms with Crippen LogP contribution >= 0.6 is 12.4 Å². The highest BCUT2D eigenvalue weighted by molar-refractivity contribution is 5.94. The molecule has 0 aliphatic carbocycles. The van der Waals surface area contributed by atoms with Crippen LogP contribution < -0.4 is 4.90 Å². The largest absolute Gasteiger partial charge is 0.377 e. The maximum Gasteiger partial charge on any atom is 0.0440 e. The molecule has 0 radical (unpaired) electrons. The van der Waals surface area contributed by atoms with Crippen LogP contribution in [0.15, 0.2) is 42.5 Å². The van der Waals surface area contributed by atoms with Gasteiger partial charge in [0.15, 0.2) is 0 Å². The number of anilines is 1. The van der Waals surface area contributed by atoms with Crippen molar-refractivity contribution in [3.8, 4) is 0 Å². The third kappa shape index (κ3) is 1.83. The van der Waals surface area contributed by atoms with Crippen molar-refractivity contribution in [2.24, 2.45) is 0 Å². The predicted molar refractivity (Wildman–Crippen MR) is 65.5 cm³/mol. The van der Waals surface area contributed by atoms with Crippen molar-refractivity contribution < 1.29 is 0 Å². The highest BCUT2D eigenvalue weighted by Crippen LogP contribution is 2.24. The molecule has 0 amide bonds. The fraction of sp³-hybridized carbons (Fsp3) is 0.167. The molecule has 2 aromatic rings. The van der Waals surface area contributed by atoms with Gasteiger partial charge in [0.25, 0.3) is 0 Å². The summed E-state index contributed by atoms with van der Waals surface area (Å²) < 4.78 is 0. The Morgan fingerprint density at radius 2 is 1.50 bits per heavy atom. The zero-order valence-electron chi connectivity index (χ0n) is 8.40. The molecule has 0 atom stereocenters.